The van der Waals surface area contributed by atoms with Crippen LogP contribution in [0.25, 0.3) is 0 Å². The fourth-order valence-electron chi connectivity index (χ4n) is 2.03. The fraction of sp³-hybridized carbons (Fsp3) is 0.176. The van der Waals surface area contributed by atoms with Crippen molar-refractivity contribution in [2.75, 3.05) is 11.9 Å². The van der Waals surface area contributed by atoms with Crippen molar-refractivity contribution >= 4 is 46.8 Å². The van der Waals surface area contributed by atoms with Gasteiger partial charge in [-0.1, -0.05) is 23.2 Å². The highest BCUT2D eigenvalue weighted by Crippen LogP contribution is 2.18. The van der Waals surface area contributed by atoms with E-state index in [0.717, 1.165) is 18.2 Å². The zero-order chi connectivity index (χ0) is 20.0. The third kappa shape index (κ3) is 5.63. The summed E-state index contributed by atoms with van der Waals surface area (Å²) in [5.74, 6) is -2.40. The molecule has 0 bridgehead atoms. The Balaban J connectivity index is 2.20. The van der Waals surface area contributed by atoms with Crippen LogP contribution in [0.2, 0.25) is 10.0 Å². The maximum atomic E-state index is 13.3. The van der Waals surface area contributed by atoms with Crippen LogP contribution in [-0.4, -0.2) is 35.4 Å². The zero-order valence-electron chi connectivity index (χ0n) is 14.0. The predicted octanol–water partition coefficient (Wildman–Crippen LogP) is 3.46. The minimum Gasteiger partial charge on any atom is -0.464 e. The van der Waals surface area contributed by atoms with E-state index in [2.05, 4.69) is 15.6 Å². The number of amides is 2. The highest BCUT2D eigenvalue weighted by molar-refractivity contribution is 6.31. The lowest BCUT2D eigenvalue weighted by Gasteiger charge is -2.17. The predicted molar refractivity (Wildman–Crippen MR) is 97.6 cm³/mol. The van der Waals surface area contributed by atoms with Crippen LogP contribution in [0, 0.1) is 5.82 Å². The second-order valence-electron chi connectivity index (χ2n) is 5.14. The van der Waals surface area contributed by atoms with E-state index < -0.39 is 29.6 Å². The van der Waals surface area contributed by atoms with Crippen molar-refractivity contribution in [2.24, 2.45) is 0 Å². The fourth-order valence-corrected chi connectivity index (χ4v) is 2.37. The highest BCUT2D eigenvalue weighted by Gasteiger charge is 2.31. The number of rotatable bonds is 6. The number of nitrogens with one attached hydrogen (secondary N) is 2. The number of hydrogen-bond acceptors (Lipinski definition) is 5. The number of carbonyl (C=O) groups excluding carboxylic acids is 3. The first kappa shape index (κ1) is 20.6. The van der Waals surface area contributed by atoms with Crippen LogP contribution >= 0.6 is 23.2 Å². The number of benzene rings is 1. The summed E-state index contributed by atoms with van der Waals surface area (Å²) in [6.45, 7) is 1.54. The Morgan fingerprint density at radius 3 is 2.59 bits per heavy atom. The summed E-state index contributed by atoms with van der Waals surface area (Å²) in [4.78, 5) is 40.8. The number of halogens is 3. The van der Waals surface area contributed by atoms with Crippen LogP contribution in [0.5, 0.6) is 0 Å². The van der Waals surface area contributed by atoms with Crippen LogP contribution in [0.15, 0.2) is 36.5 Å². The number of hydrogen-bond donors (Lipinski definition) is 2. The largest absolute Gasteiger partial charge is 0.464 e. The molecule has 0 fully saturated rings. The standard InChI is InChI=1S/C17H14Cl2FN3O4/c1-2-27-16(25)14(15(24)9-3-4-12(20)11(19)7-9)23-17(26)22-13-8-10(18)5-6-21-13/h3-8,14H,2H2,1H3,(H2,21,22,23,26). The number of Topliss-reactive ketones (excluding diaryl/α,β-unsaturated/α-hetero) is 1. The van der Waals surface area contributed by atoms with Gasteiger partial charge in [0.25, 0.3) is 0 Å². The smallest absolute Gasteiger partial charge is 0.336 e. The van der Waals surface area contributed by atoms with Crippen molar-refractivity contribution in [3.05, 3.63) is 58.0 Å². The van der Waals surface area contributed by atoms with E-state index in [1.54, 1.807) is 6.92 Å². The minimum atomic E-state index is -1.66. The molecule has 27 heavy (non-hydrogen) atoms. The molecule has 142 valence electrons. The minimum absolute atomic E-state index is 0.00800. The van der Waals surface area contributed by atoms with Crippen molar-refractivity contribution in [1.29, 1.82) is 0 Å². The number of urea groups is 1. The molecule has 1 aromatic heterocycles. The second kappa shape index (κ2) is 9.29. The molecule has 1 atom stereocenters. The van der Waals surface area contributed by atoms with Gasteiger partial charge in [0.15, 0.2) is 11.8 Å². The van der Waals surface area contributed by atoms with E-state index in [0.29, 0.717) is 5.02 Å². The van der Waals surface area contributed by atoms with E-state index in [1.165, 1.54) is 18.3 Å². The molecule has 2 N–H and O–H groups in total. The Morgan fingerprint density at radius 1 is 1.22 bits per heavy atom. The number of anilines is 1. The van der Waals surface area contributed by atoms with E-state index in [1.807, 2.05) is 0 Å². The molecule has 2 amide bonds. The van der Waals surface area contributed by atoms with Crippen molar-refractivity contribution in [2.45, 2.75) is 13.0 Å². The number of nitrogens with zero attached hydrogens (tertiary/aromatic N) is 1. The number of pyridine rings is 1. The molecule has 2 rings (SSSR count). The quantitative estimate of drug-likeness (QED) is 0.429. The molecule has 1 aromatic carbocycles. The molecule has 2 aromatic rings. The van der Waals surface area contributed by atoms with Crippen molar-refractivity contribution in [1.82, 2.24) is 10.3 Å². The van der Waals surface area contributed by atoms with Gasteiger partial charge < -0.3 is 10.1 Å². The van der Waals surface area contributed by atoms with Gasteiger partial charge in [-0.25, -0.2) is 19.0 Å². The Morgan fingerprint density at radius 2 is 1.96 bits per heavy atom. The lowest BCUT2D eigenvalue weighted by atomic mass is 10.0. The van der Waals surface area contributed by atoms with Crippen LogP contribution in [0.1, 0.15) is 17.3 Å². The monoisotopic (exact) mass is 413 g/mol. The molecule has 0 saturated carbocycles. The highest BCUT2D eigenvalue weighted by atomic mass is 35.5. The van der Waals surface area contributed by atoms with E-state index in [-0.39, 0.29) is 23.0 Å². The molecule has 0 aliphatic carbocycles. The maximum absolute atomic E-state index is 13.3. The SMILES string of the molecule is CCOC(=O)C(NC(=O)Nc1cc(Cl)ccn1)C(=O)c1ccc(F)c(Cl)c1. The number of ether oxygens (including phenoxy) is 1. The number of esters is 1. The Kier molecular flexibility index (Phi) is 7.09. The molecule has 7 nitrogen and oxygen atoms in total. The number of aromatic nitrogens is 1. The molecule has 0 spiro atoms. The average Bonchev–Trinajstić information content (AvgIpc) is 2.61. The van der Waals surface area contributed by atoms with Crippen LogP contribution in [-0.2, 0) is 9.53 Å². The van der Waals surface area contributed by atoms with Gasteiger partial charge in [-0.05, 0) is 37.3 Å². The van der Waals surface area contributed by atoms with Gasteiger partial charge in [0.1, 0.15) is 11.6 Å². The van der Waals surface area contributed by atoms with Gasteiger partial charge in [-0.3, -0.25) is 10.1 Å². The van der Waals surface area contributed by atoms with Crippen molar-refractivity contribution in [3.8, 4) is 0 Å². The first-order chi connectivity index (χ1) is 12.8. The molecule has 0 aliphatic rings. The normalized spacial score (nSPS) is 11.4. The second-order valence-corrected chi connectivity index (χ2v) is 5.98. The third-order valence-corrected chi connectivity index (χ3v) is 3.75. The molecular formula is C17H14Cl2FN3O4. The van der Waals surface area contributed by atoms with Crippen molar-refractivity contribution in [3.63, 3.8) is 0 Å². The maximum Gasteiger partial charge on any atom is 0.336 e. The van der Waals surface area contributed by atoms with Gasteiger partial charge in [-0.2, -0.15) is 0 Å². The van der Waals surface area contributed by atoms with Gasteiger partial charge >= 0.3 is 12.0 Å². The molecule has 1 heterocycles. The molecule has 0 saturated heterocycles. The lowest BCUT2D eigenvalue weighted by Crippen LogP contribution is -2.49. The van der Waals surface area contributed by atoms with Gasteiger partial charge in [0, 0.05) is 16.8 Å². The molecular weight excluding hydrogens is 400 g/mol. The Labute approximate surface area is 163 Å². The summed E-state index contributed by atoms with van der Waals surface area (Å²) in [5, 5.41) is 4.59. The van der Waals surface area contributed by atoms with E-state index in [9.17, 15) is 18.8 Å². The van der Waals surface area contributed by atoms with Crippen LogP contribution < -0.4 is 10.6 Å². The van der Waals surface area contributed by atoms with E-state index in [4.69, 9.17) is 27.9 Å². The van der Waals surface area contributed by atoms with E-state index >= 15 is 0 Å². The molecule has 0 radical (unpaired) electrons. The summed E-state index contributed by atoms with van der Waals surface area (Å²) in [6.07, 6.45) is 1.37. The lowest BCUT2D eigenvalue weighted by molar-refractivity contribution is -0.143. The summed E-state index contributed by atoms with van der Waals surface area (Å²) >= 11 is 11.5. The van der Waals surface area contributed by atoms with Gasteiger partial charge in [0.2, 0.25) is 0 Å². The summed E-state index contributed by atoms with van der Waals surface area (Å²) in [5.41, 5.74) is -0.0689. The molecule has 0 aliphatic heterocycles. The first-order valence-electron chi connectivity index (χ1n) is 7.66. The third-order valence-electron chi connectivity index (χ3n) is 3.23. The summed E-state index contributed by atoms with van der Waals surface area (Å²) < 4.78 is 18.1. The summed E-state index contributed by atoms with van der Waals surface area (Å²) in [6, 6.07) is 3.52. The average molecular weight is 414 g/mol. The van der Waals surface area contributed by atoms with Crippen molar-refractivity contribution < 1.29 is 23.5 Å². The van der Waals surface area contributed by atoms with Gasteiger partial charge in [0.05, 0.1) is 11.6 Å². The number of carbonyl (C=O) groups is 3. The topological polar surface area (TPSA) is 97.4 Å². The Hall–Kier alpha value is -2.71. The number of ketones is 1. The first-order valence-corrected chi connectivity index (χ1v) is 8.42. The van der Waals surface area contributed by atoms with Crippen LogP contribution in [0.3, 0.4) is 0 Å². The van der Waals surface area contributed by atoms with Gasteiger partial charge in [-0.15, -0.1) is 0 Å². The van der Waals surface area contributed by atoms with Crippen LogP contribution in [0.4, 0.5) is 15.0 Å². The molecule has 10 heteroatoms. The molecule has 1 unspecified atom stereocenters. The Bertz CT molecular complexity index is 879. The summed E-state index contributed by atoms with van der Waals surface area (Å²) in [7, 11) is 0. The zero-order valence-corrected chi connectivity index (χ0v) is 15.5.